The molecule has 5 nitrogen and oxygen atoms in total. The molecule has 0 spiro atoms. The lowest BCUT2D eigenvalue weighted by Crippen LogP contribution is -2.26. The molecular formula is C14H23NO4. The predicted molar refractivity (Wildman–Crippen MR) is 72.3 cm³/mol. The van der Waals surface area contributed by atoms with Gasteiger partial charge in [0.15, 0.2) is 0 Å². The van der Waals surface area contributed by atoms with Gasteiger partial charge in [-0.1, -0.05) is 19.8 Å². The van der Waals surface area contributed by atoms with Crippen molar-refractivity contribution in [2.24, 2.45) is 5.92 Å². The largest absolute Gasteiger partial charge is 0.464 e. The average Bonchev–Trinajstić information content (AvgIpc) is 2.23. The number of rotatable bonds is 5. The van der Waals surface area contributed by atoms with Gasteiger partial charge in [0.1, 0.15) is 5.60 Å². The summed E-state index contributed by atoms with van der Waals surface area (Å²) in [5.74, 6) is 4.34. The molecule has 0 radical (unpaired) electrons. The Bertz CT molecular complexity index is 358. The Hall–Kier alpha value is -1.54. The molecule has 0 rings (SSSR count). The molecule has 0 atom stereocenters. The quantitative estimate of drug-likeness (QED) is 0.351. The van der Waals surface area contributed by atoms with Gasteiger partial charge in [0, 0.05) is 5.92 Å². The van der Waals surface area contributed by atoms with Crippen LogP contribution in [-0.4, -0.2) is 37.2 Å². The zero-order chi connectivity index (χ0) is 14.9. The number of nitrogens with one attached hydrogen (secondary N) is 1. The first kappa shape index (κ1) is 17.5. The minimum atomic E-state index is -0.573. The summed E-state index contributed by atoms with van der Waals surface area (Å²) >= 11 is 0. The van der Waals surface area contributed by atoms with E-state index in [0.29, 0.717) is 12.5 Å². The van der Waals surface area contributed by atoms with Crippen LogP contribution in [0.3, 0.4) is 0 Å². The fraction of sp³-hybridized carbons (Fsp3) is 0.714. The Morgan fingerprint density at radius 3 is 2.42 bits per heavy atom. The molecule has 0 saturated carbocycles. The highest BCUT2D eigenvalue weighted by Gasteiger charge is 2.13. The number of hydrogen-bond donors (Lipinski definition) is 1. The van der Waals surface area contributed by atoms with E-state index in [1.165, 1.54) is 0 Å². The van der Waals surface area contributed by atoms with Crippen LogP contribution in [-0.2, 0) is 19.1 Å². The van der Waals surface area contributed by atoms with Crippen LogP contribution in [0.5, 0.6) is 0 Å². The first-order valence-electron chi connectivity index (χ1n) is 6.29. The normalized spacial score (nSPS) is 10.6. The van der Waals surface area contributed by atoms with Gasteiger partial charge in [-0.05, 0) is 26.7 Å². The summed E-state index contributed by atoms with van der Waals surface area (Å²) < 4.78 is 9.95. The van der Waals surface area contributed by atoms with Crippen molar-refractivity contribution in [1.29, 1.82) is 0 Å². The van der Waals surface area contributed by atoms with Gasteiger partial charge in [0.2, 0.25) is 0 Å². The van der Waals surface area contributed by atoms with Crippen molar-refractivity contribution >= 4 is 11.9 Å². The van der Waals surface area contributed by atoms with E-state index in [4.69, 9.17) is 9.47 Å². The van der Waals surface area contributed by atoms with E-state index in [1.54, 1.807) is 20.8 Å². The van der Waals surface area contributed by atoms with E-state index in [1.807, 2.05) is 13.8 Å². The molecule has 0 aromatic carbocycles. The summed E-state index contributed by atoms with van der Waals surface area (Å²) in [5.41, 5.74) is -0.542. The molecule has 0 aliphatic carbocycles. The number of ether oxygens (including phenoxy) is 2. The first-order chi connectivity index (χ1) is 8.70. The second-order valence-electron chi connectivity index (χ2n) is 5.48. The smallest absolute Gasteiger partial charge is 0.384 e. The second kappa shape index (κ2) is 8.54. The average molecular weight is 269 g/mol. The molecule has 19 heavy (non-hydrogen) atoms. The van der Waals surface area contributed by atoms with Crippen molar-refractivity contribution in [1.82, 2.24) is 5.32 Å². The van der Waals surface area contributed by atoms with Crippen molar-refractivity contribution in [3.05, 3.63) is 0 Å². The number of carbonyl (C=O) groups is 2. The zero-order valence-electron chi connectivity index (χ0n) is 12.3. The Balaban J connectivity index is 3.75. The van der Waals surface area contributed by atoms with Gasteiger partial charge in [-0.15, -0.1) is 0 Å². The Morgan fingerprint density at radius 2 is 1.89 bits per heavy atom. The molecular weight excluding hydrogens is 246 g/mol. The van der Waals surface area contributed by atoms with E-state index in [9.17, 15) is 9.59 Å². The van der Waals surface area contributed by atoms with Gasteiger partial charge in [-0.3, -0.25) is 10.1 Å². The van der Waals surface area contributed by atoms with E-state index >= 15 is 0 Å². The third-order valence-electron chi connectivity index (χ3n) is 1.65. The molecule has 0 aromatic heterocycles. The fourth-order valence-electron chi connectivity index (χ4n) is 0.958. The van der Waals surface area contributed by atoms with Crippen molar-refractivity contribution in [3.63, 3.8) is 0 Å². The summed E-state index contributed by atoms with van der Waals surface area (Å²) in [6.45, 7) is 9.97. The molecule has 0 aromatic rings. The number of esters is 2. The molecule has 108 valence electrons. The van der Waals surface area contributed by atoms with Crippen molar-refractivity contribution < 1.29 is 19.1 Å². The maximum absolute atomic E-state index is 11.2. The summed E-state index contributed by atoms with van der Waals surface area (Å²) in [5, 5.41) is 2.77. The molecule has 0 bridgehead atoms. The summed E-state index contributed by atoms with van der Waals surface area (Å²) in [6.07, 6.45) is 0. The molecule has 0 saturated heterocycles. The standard InChI is InChI=1S/C14H23NO4/c1-11(2)10-18-13(17)9-15-8-6-7-12(16)19-14(3,4)5/h11,15H,8-10H2,1-5H3. The Morgan fingerprint density at radius 1 is 1.26 bits per heavy atom. The Kier molecular flexibility index (Phi) is 7.85. The van der Waals surface area contributed by atoms with Gasteiger partial charge in [0.25, 0.3) is 0 Å². The van der Waals surface area contributed by atoms with Crippen molar-refractivity contribution in [2.75, 3.05) is 19.7 Å². The molecule has 5 heteroatoms. The fourth-order valence-corrected chi connectivity index (χ4v) is 0.958. The lowest BCUT2D eigenvalue weighted by molar-refractivity contribution is -0.147. The van der Waals surface area contributed by atoms with Crippen LogP contribution < -0.4 is 5.32 Å². The third-order valence-corrected chi connectivity index (χ3v) is 1.65. The van der Waals surface area contributed by atoms with Crippen LogP contribution >= 0.6 is 0 Å². The highest BCUT2D eigenvalue weighted by molar-refractivity contribution is 5.88. The van der Waals surface area contributed by atoms with Gasteiger partial charge < -0.3 is 9.47 Å². The van der Waals surface area contributed by atoms with Crippen LogP contribution in [0.25, 0.3) is 0 Å². The number of hydrogen-bond acceptors (Lipinski definition) is 5. The van der Waals surface area contributed by atoms with Crippen LogP contribution in [0.2, 0.25) is 0 Å². The monoisotopic (exact) mass is 269 g/mol. The molecule has 0 aliphatic heterocycles. The summed E-state index contributed by atoms with van der Waals surface area (Å²) in [6, 6.07) is 0. The van der Waals surface area contributed by atoms with E-state index in [-0.39, 0.29) is 19.1 Å². The van der Waals surface area contributed by atoms with Crippen LogP contribution in [0.4, 0.5) is 0 Å². The highest BCUT2D eigenvalue weighted by Crippen LogP contribution is 2.05. The summed E-state index contributed by atoms with van der Waals surface area (Å²) in [7, 11) is 0. The minimum absolute atomic E-state index is 0.0791. The molecule has 1 N–H and O–H groups in total. The van der Waals surface area contributed by atoms with Crippen LogP contribution in [0.1, 0.15) is 34.6 Å². The zero-order valence-corrected chi connectivity index (χ0v) is 12.3. The van der Waals surface area contributed by atoms with Gasteiger partial charge in [0.05, 0.1) is 19.7 Å². The van der Waals surface area contributed by atoms with E-state index < -0.39 is 11.6 Å². The third kappa shape index (κ3) is 12.7. The van der Waals surface area contributed by atoms with E-state index in [2.05, 4.69) is 17.2 Å². The lowest BCUT2D eigenvalue weighted by Gasteiger charge is -2.16. The number of carbonyl (C=O) groups excluding carboxylic acids is 2. The highest BCUT2D eigenvalue weighted by atomic mass is 16.6. The molecule has 0 amide bonds. The van der Waals surface area contributed by atoms with Crippen molar-refractivity contribution in [2.45, 2.75) is 40.2 Å². The van der Waals surface area contributed by atoms with Crippen molar-refractivity contribution in [3.8, 4) is 11.8 Å². The molecule has 0 heterocycles. The van der Waals surface area contributed by atoms with E-state index in [0.717, 1.165) is 0 Å². The van der Waals surface area contributed by atoms with Gasteiger partial charge in [-0.25, -0.2) is 4.79 Å². The maximum Gasteiger partial charge on any atom is 0.384 e. The minimum Gasteiger partial charge on any atom is -0.464 e. The summed E-state index contributed by atoms with van der Waals surface area (Å²) in [4.78, 5) is 22.4. The lowest BCUT2D eigenvalue weighted by atomic mass is 10.2. The van der Waals surface area contributed by atoms with Gasteiger partial charge in [-0.2, -0.15) is 0 Å². The first-order valence-corrected chi connectivity index (χ1v) is 6.29. The van der Waals surface area contributed by atoms with Crippen LogP contribution in [0, 0.1) is 17.8 Å². The molecule has 0 unspecified atom stereocenters. The molecule has 0 fully saturated rings. The van der Waals surface area contributed by atoms with Crippen LogP contribution in [0.15, 0.2) is 0 Å². The topological polar surface area (TPSA) is 64.6 Å². The van der Waals surface area contributed by atoms with Gasteiger partial charge >= 0.3 is 11.9 Å². The maximum atomic E-state index is 11.2. The second-order valence-corrected chi connectivity index (χ2v) is 5.48. The SMILES string of the molecule is CC(C)COC(=O)CNCC#CC(=O)OC(C)(C)C. The molecule has 0 aliphatic rings. The Labute approximate surface area is 115 Å². The predicted octanol–water partition coefficient (Wildman–Crippen LogP) is 1.12.